The topological polar surface area (TPSA) is 26.3 Å². The first-order chi connectivity index (χ1) is 14.5. The highest BCUT2D eigenvalue weighted by atomic mass is 19.4. The molecule has 0 aliphatic heterocycles. The van der Waals surface area contributed by atoms with Crippen LogP contribution in [0.25, 0.3) is 0 Å². The molecule has 0 saturated carbocycles. The average Bonchev–Trinajstić information content (AvgIpc) is 2.63. The van der Waals surface area contributed by atoms with Gasteiger partial charge in [0.25, 0.3) is 0 Å². The summed E-state index contributed by atoms with van der Waals surface area (Å²) in [6.45, 7) is -0.370. The van der Waals surface area contributed by atoms with E-state index < -0.39 is 72.6 Å². The highest BCUT2D eigenvalue weighted by molar-refractivity contribution is 5.79. The second-order valence-electron chi connectivity index (χ2n) is 6.23. The fourth-order valence-electron chi connectivity index (χ4n) is 1.77. The molecule has 0 rings (SSSR count). The van der Waals surface area contributed by atoms with Crippen LogP contribution >= 0.6 is 0 Å². The maximum atomic E-state index is 13.4. The quantitative estimate of drug-likeness (QED) is 0.225. The van der Waals surface area contributed by atoms with Crippen LogP contribution in [0.15, 0.2) is 0 Å². The van der Waals surface area contributed by atoms with Crippen molar-refractivity contribution in [3.63, 3.8) is 0 Å². The van der Waals surface area contributed by atoms with E-state index in [1.807, 2.05) is 0 Å². The van der Waals surface area contributed by atoms with Crippen LogP contribution in [-0.4, -0.2) is 66.1 Å². The molecule has 0 unspecified atom stereocenters. The Morgan fingerprint density at radius 2 is 0.765 bits per heavy atom. The number of alkyl halides is 19. The minimum absolute atomic E-state index is 0.535. The van der Waals surface area contributed by atoms with Crippen molar-refractivity contribution in [3.8, 4) is 0 Å². The molecule has 0 heterocycles. The zero-order valence-corrected chi connectivity index (χ0v) is 15.4. The molecule has 0 saturated heterocycles. The molecule has 0 aromatic carbocycles. The second-order valence-corrected chi connectivity index (χ2v) is 6.23. The number of hydrogen-bond donors (Lipinski definition) is 0. The summed E-state index contributed by atoms with van der Waals surface area (Å²) in [5.74, 6) is -72.0. The number of carbonyl (C=O) groups excluding carboxylic acids is 1. The molecule has 204 valence electrons. The third-order valence-electron chi connectivity index (χ3n) is 3.81. The molecular formula is C13H7F19O2. The van der Waals surface area contributed by atoms with E-state index in [-0.39, 0.29) is 0 Å². The highest BCUT2D eigenvalue weighted by Gasteiger charge is 2.97. The second kappa shape index (κ2) is 8.37. The number of hydrogen-bond acceptors (Lipinski definition) is 2. The van der Waals surface area contributed by atoms with Gasteiger partial charge >= 0.3 is 59.5 Å². The minimum atomic E-state index is -9.02. The van der Waals surface area contributed by atoms with Gasteiger partial charge in [0.05, 0.1) is 6.61 Å². The van der Waals surface area contributed by atoms with Gasteiger partial charge in [-0.05, 0) is 6.42 Å². The van der Waals surface area contributed by atoms with E-state index in [1.165, 1.54) is 0 Å². The lowest BCUT2D eigenvalue weighted by Gasteiger charge is -2.43. The summed E-state index contributed by atoms with van der Waals surface area (Å²) in [4.78, 5) is 10.8. The van der Waals surface area contributed by atoms with Gasteiger partial charge < -0.3 is 4.74 Å². The van der Waals surface area contributed by atoms with Crippen molar-refractivity contribution in [2.24, 2.45) is 0 Å². The first kappa shape index (κ1) is 32.1. The van der Waals surface area contributed by atoms with Gasteiger partial charge in [0, 0.05) is 0 Å². The van der Waals surface area contributed by atoms with Crippen molar-refractivity contribution in [3.05, 3.63) is 0 Å². The van der Waals surface area contributed by atoms with Gasteiger partial charge in [-0.2, -0.15) is 83.4 Å². The van der Waals surface area contributed by atoms with Crippen molar-refractivity contribution in [1.29, 1.82) is 0 Å². The molecule has 0 aromatic rings. The maximum absolute atomic E-state index is 13.4. The van der Waals surface area contributed by atoms with E-state index in [0.29, 0.717) is 0 Å². The van der Waals surface area contributed by atoms with Gasteiger partial charge in [0.15, 0.2) is 0 Å². The summed E-state index contributed by atoms with van der Waals surface area (Å²) in [6.07, 6.45) is -8.47. The van der Waals surface area contributed by atoms with Crippen molar-refractivity contribution in [2.75, 3.05) is 6.61 Å². The van der Waals surface area contributed by atoms with Crippen LogP contribution in [0.3, 0.4) is 0 Å². The molecule has 0 atom stereocenters. The Morgan fingerprint density at radius 3 is 1.03 bits per heavy atom. The van der Waals surface area contributed by atoms with Crippen LogP contribution in [-0.2, 0) is 9.53 Å². The Bertz CT molecular complexity index is 750. The van der Waals surface area contributed by atoms with Crippen LogP contribution in [0.4, 0.5) is 83.4 Å². The molecule has 0 radical (unpaired) electrons. The highest BCUT2D eigenvalue weighted by Crippen LogP contribution is 2.65. The minimum Gasteiger partial charge on any atom is -0.461 e. The predicted octanol–water partition coefficient (Wildman–Crippen LogP) is 6.58. The summed E-state index contributed by atoms with van der Waals surface area (Å²) < 4.78 is 251. The van der Waals surface area contributed by atoms with Crippen molar-refractivity contribution in [1.82, 2.24) is 0 Å². The maximum Gasteiger partial charge on any atom is 0.460 e. The normalized spacial score (nSPS) is 16.0. The summed E-state index contributed by atoms with van der Waals surface area (Å²) in [6, 6.07) is 0. The first-order valence-electron chi connectivity index (χ1n) is 7.74. The molecule has 0 aliphatic carbocycles. The van der Waals surface area contributed by atoms with Crippen LogP contribution in [0.2, 0.25) is 0 Å². The van der Waals surface area contributed by atoms with Gasteiger partial charge in [-0.15, -0.1) is 0 Å². The first-order valence-corrected chi connectivity index (χ1v) is 7.74. The van der Waals surface area contributed by atoms with Gasteiger partial charge in [-0.1, -0.05) is 6.92 Å². The molecule has 0 amide bonds. The molecule has 34 heavy (non-hydrogen) atoms. The predicted molar refractivity (Wildman–Crippen MR) is 66.9 cm³/mol. The lowest BCUT2D eigenvalue weighted by Crippen LogP contribution is -2.76. The van der Waals surface area contributed by atoms with Gasteiger partial charge in [0.1, 0.15) is 0 Å². The van der Waals surface area contributed by atoms with E-state index in [1.54, 1.807) is 0 Å². The zero-order chi connectivity index (χ0) is 28.2. The summed E-state index contributed by atoms with van der Waals surface area (Å²) >= 11 is 0. The van der Waals surface area contributed by atoms with Crippen LogP contribution in [0, 0.1) is 0 Å². The largest absolute Gasteiger partial charge is 0.461 e. The van der Waals surface area contributed by atoms with Gasteiger partial charge in [-0.3, -0.25) is 0 Å². The molecule has 0 N–H and O–H groups in total. The molecular weight excluding hydrogens is 549 g/mol. The number of carbonyl (C=O) groups is 1. The summed E-state index contributed by atoms with van der Waals surface area (Å²) in [5, 5.41) is 0. The Hall–Kier alpha value is -1.86. The summed E-state index contributed by atoms with van der Waals surface area (Å²) in [7, 11) is 0. The molecule has 21 heteroatoms. The van der Waals surface area contributed by atoms with Crippen LogP contribution < -0.4 is 0 Å². The third kappa shape index (κ3) is 3.98. The standard InChI is InChI=1S/C13H7F19O2/c1-2-3-34-4(33)5(14,15)6(16,17)7(18,19)8(20,21)9(22,23)10(24,25)11(26,27)12(28,29)13(30,31)32/h2-3H2,1H3. The Morgan fingerprint density at radius 1 is 0.500 bits per heavy atom. The van der Waals surface area contributed by atoms with E-state index in [9.17, 15) is 88.2 Å². The van der Waals surface area contributed by atoms with Gasteiger partial charge in [0.2, 0.25) is 0 Å². The van der Waals surface area contributed by atoms with E-state index in [0.717, 1.165) is 6.92 Å². The van der Waals surface area contributed by atoms with Crippen LogP contribution in [0.1, 0.15) is 13.3 Å². The van der Waals surface area contributed by atoms with Gasteiger partial charge in [-0.25, -0.2) is 4.79 Å². The number of ether oxygens (including phenoxy) is 1. The van der Waals surface area contributed by atoms with Crippen molar-refractivity contribution >= 4 is 5.97 Å². The summed E-state index contributed by atoms with van der Waals surface area (Å²) in [5.41, 5.74) is 0. The Kier molecular flexibility index (Phi) is 7.91. The third-order valence-corrected chi connectivity index (χ3v) is 3.81. The number of rotatable bonds is 10. The molecule has 0 aliphatic rings. The van der Waals surface area contributed by atoms with Crippen LogP contribution in [0.5, 0.6) is 0 Å². The monoisotopic (exact) mass is 556 g/mol. The van der Waals surface area contributed by atoms with E-state index in [4.69, 9.17) is 0 Å². The zero-order valence-electron chi connectivity index (χ0n) is 15.4. The number of esters is 1. The van der Waals surface area contributed by atoms with E-state index in [2.05, 4.69) is 4.74 Å². The molecule has 0 fully saturated rings. The lowest BCUT2D eigenvalue weighted by atomic mass is 9.87. The Labute approximate surface area is 174 Å². The molecule has 0 aromatic heterocycles. The average molecular weight is 556 g/mol. The SMILES string of the molecule is CCCOC(=O)C(F)(F)C(F)(F)C(F)(F)C(F)(F)C(F)(F)C(F)(F)C(F)(F)C(F)(F)C(F)(F)F. The molecule has 0 bridgehead atoms. The molecule has 0 spiro atoms. The number of halogens is 19. The lowest BCUT2D eigenvalue weighted by molar-refractivity contribution is -0.467. The van der Waals surface area contributed by atoms with Crippen molar-refractivity contribution < 1.29 is 92.9 Å². The smallest absolute Gasteiger partial charge is 0.460 e. The fraction of sp³-hybridized carbons (Fsp3) is 0.923. The van der Waals surface area contributed by atoms with Crippen molar-refractivity contribution in [2.45, 2.75) is 66.9 Å². The van der Waals surface area contributed by atoms with E-state index >= 15 is 0 Å². The fourth-order valence-corrected chi connectivity index (χ4v) is 1.77. The molecule has 2 nitrogen and oxygen atoms in total. The Balaban J connectivity index is 6.86.